The van der Waals surface area contributed by atoms with E-state index < -0.39 is 0 Å². The van der Waals surface area contributed by atoms with Crippen molar-refractivity contribution in [1.29, 1.82) is 0 Å². The highest BCUT2D eigenvalue weighted by atomic mass is 16.3. The first-order valence-corrected chi connectivity index (χ1v) is 19.7. The largest absolute Gasteiger partial charge is 0.460 e. The van der Waals surface area contributed by atoms with Crippen LogP contribution in [0.2, 0.25) is 0 Å². The molecule has 5 aromatic carbocycles. The van der Waals surface area contributed by atoms with E-state index in [0.717, 1.165) is 94.5 Å². The molecule has 10 rings (SSSR count). The van der Waals surface area contributed by atoms with Gasteiger partial charge in [0.15, 0.2) is 11.6 Å². The molecule has 4 heteroatoms. The molecule has 3 aliphatic carbocycles. The zero-order valence-corrected chi connectivity index (χ0v) is 31.3. The highest BCUT2D eigenvalue weighted by molar-refractivity contribution is 6.06. The van der Waals surface area contributed by atoms with Crippen molar-refractivity contribution in [1.82, 2.24) is 15.0 Å². The summed E-state index contributed by atoms with van der Waals surface area (Å²) in [5, 5.41) is 3.55. The molecule has 270 valence electrons. The number of aromatic nitrogens is 3. The van der Waals surface area contributed by atoms with Crippen molar-refractivity contribution < 1.29 is 4.42 Å². The first-order chi connectivity index (χ1) is 27.6. The van der Waals surface area contributed by atoms with E-state index in [4.69, 9.17) is 19.4 Å². The third kappa shape index (κ3) is 6.47. The van der Waals surface area contributed by atoms with Crippen molar-refractivity contribution in [3.8, 4) is 22.5 Å². The third-order valence-electron chi connectivity index (χ3n) is 11.3. The Morgan fingerprint density at radius 2 is 1.50 bits per heavy atom. The van der Waals surface area contributed by atoms with Crippen molar-refractivity contribution in [2.45, 2.75) is 44.4 Å². The molecular formula is C52H41N3O. The van der Waals surface area contributed by atoms with E-state index in [2.05, 4.69) is 164 Å². The molecule has 2 heterocycles. The van der Waals surface area contributed by atoms with E-state index in [1.807, 2.05) is 0 Å². The molecule has 3 aliphatic rings. The van der Waals surface area contributed by atoms with E-state index in [1.54, 1.807) is 0 Å². The van der Waals surface area contributed by atoms with E-state index >= 15 is 0 Å². The number of aryl methyl sites for hydroxylation is 1. The molecule has 0 bridgehead atoms. The molecule has 0 amide bonds. The average molecular weight is 724 g/mol. The average Bonchev–Trinajstić information content (AvgIpc) is 3.65. The number of allylic oxidation sites excluding steroid dienone is 9. The van der Waals surface area contributed by atoms with Crippen LogP contribution < -0.4 is 0 Å². The van der Waals surface area contributed by atoms with Gasteiger partial charge in [0, 0.05) is 34.4 Å². The predicted molar refractivity (Wildman–Crippen MR) is 231 cm³/mol. The minimum absolute atomic E-state index is 0.0197. The maximum atomic E-state index is 6.66. The molecule has 0 saturated carbocycles. The fourth-order valence-electron chi connectivity index (χ4n) is 8.45. The van der Waals surface area contributed by atoms with Gasteiger partial charge in [-0.05, 0) is 94.0 Å². The van der Waals surface area contributed by atoms with Crippen LogP contribution in [0.25, 0.3) is 61.5 Å². The second kappa shape index (κ2) is 14.5. The first-order valence-electron chi connectivity index (χ1n) is 19.7. The monoisotopic (exact) mass is 723 g/mol. The van der Waals surface area contributed by atoms with E-state index in [1.165, 1.54) is 33.0 Å². The van der Waals surface area contributed by atoms with Gasteiger partial charge in [-0.1, -0.05) is 152 Å². The highest BCUT2D eigenvalue weighted by Gasteiger charge is 2.28. The Morgan fingerprint density at radius 3 is 2.43 bits per heavy atom. The number of rotatable bonds is 5. The molecule has 0 saturated heterocycles. The van der Waals surface area contributed by atoms with Gasteiger partial charge in [-0.15, -0.1) is 0 Å². The van der Waals surface area contributed by atoms with Gasteiger partial charge in [0.25, 0.3) is 0 Å². The summed E-state index contributed by atoms with van der Waals surface area (Å²) in [4.78, 5) is 15.9. The molecule has 1 atom stereocenters. The van der Waals surface area contributed by atoms with Crippen LogP contribution in [0.1, 0.15) is 71.3 Å². The lowest BCUT2D eigenvalue weighted by Crippen LogP contribution is -2.14. The Bertz CT molecular complexity index is 2830. The topological polar surface area (TPSA) is 51.8 Å². The number of fused-ring (bicyclic) bond motifs is 5. The number of hydrogen-bond acceptors (Lipinski definition) is 4. The van der Waals surface area contributed by atoms with Crippen LogP contribution in [0.15, 0.2) is 168 Å². The summed E-state index contributed by atoms with van der Waals surface area (Å²) in [7, 11) is 0. The van der Waals surface area contributed by atoms with Crippen LogP contribution in [-0.2, 0) is 12.8 Å². The molecule has 0 N–H and O–H groups in total. The van der Waals surface area contributed by atoms with E-state index in [-0.39, 0.29) is 5.92 Å². The summed E-state index contributed by atoms with van der Waals surface area (Å²) < 4.78 is 6.66. The highest BCUT2D eigenvalue weighted by Crippen LogP contribution is 2.43. The molecule has 4 nitrogen and oxygen atoms in total. The zero-order valence-electron chi connectivity index (χ0n) is 31.3. The lowest BCUT2D eigenvalue weighted by molar-refractivity contribution is 0.545. The maximum absolute atomic E-state index is 6.66. The van der Waals surface area contributed by atoms with Gasteiger partial charge in [0.1, 0.15) is 17.2 Å². The Labute approximate surface area is 327 Å². The number of nitrogens with zero attached hydrogens (tertiary/aromatic N) is 3. The quantitative estimate of drug-likeness (QED) is 0.177. The number of furan rings is 1. The van der Waals surface area contributed by atoms with Gasteiger partial charge < -0.3 is 4.42 Å². The van der Waals surface area contributed by atoms with E-state index in [9.17, 15) is 0 Å². The van der Waals surface area contributed by atoms with Crippen LogP contribution in [0.4, 0.5) is 0 Å². The molecule has 0 fully saturated rings. The number of hydrogen-bond donors (Lipinski definition) is 0. The molecule has 7 aromatic rings. The van der Waals surface area contributed by atoms with Crippen molar-refractivity contribution in [2.24, 2.45) is 0 Å². The van der Waals surface area contributed by atoms with Crippen molar-refractivity contribution >= 4 is 39.0 Å². The minimum Gasteiger partial charge on any atom is -0.460 e. The molecule has 56 heavy (non-hydrogen) atoms. The Hall–Kier alpha value is -6.65. The lowest BCUT2D eigenvalue weighted by Gasteiger charge is -2.20. The van der Waals surface area contributed by atoms with Crippen molar-refractivity contribution in [2.75, 3.05) is 0 Å². The third-order valence-corrected chi connectivity index (χ3v) is 11.3. The van der Waals surface area contributed by atoms with Gasteiger partial charge in [0.05, 0.1) is 0 Å². The van der Waals surface area contributed by atoms with Gasteiger partial charge in [-0.2, -0.15) is 0 Å². The zero-order chi connectivity index (χ0) is 37.4. The summed E-state index contributed by atoms with van der Waals surface area (Å²) in [6.45, 7) is 4.14. The fraction of sp³-hybridized carbons (Fsp3) is 0.135. The Morgan fingerprint density at radius 1 is 0.679 bits per heavy atom. The SMILES string of the molecule is C=C1C=CCCC/C(c2ccc(-c3nc(C4=CCCc5oc6cccc(-c7ccc8ccccc8c7)c6c54)nc(C4C=Cc5ccccc5C4)n3)cc2)=C\C=C/1. The molecule has 0 radical (unpaired) electrons. The minimum atomic E-state index is 0.0197. The Kier molecular flexibility index (Phi) is 8.80. The van der Waals surface area contributed by atoms with Gasteiger partial charge in [-0.3, -0.25) is 0 Å². The predicted octanol–water partition coefficient (Wildman–Crippen LogP) is 13.1. The molecule has 0 spiro atoms. The first kappa shape index (κ1) is 33.9. The summed E-state index contributed by atoms with van der Waals surface area (Å²) in [6.07, 6.45) is 23.1. The van der Waals surface area contributed by atoms with Crippen LogP contribution >= 0.6 is 0 Å². The smallest absolute Gasteiger partial charge is 0.164 e. The standard InChI is InChI=1S/C52H41N3O/c1-34-12-3-2-4-14-35(19-9-13-34)38-24-28-39(29-25-38)50-53-51(43-31-27-37-16-6-8-18-41(37)33-43)55-52(54-50)45-21-11-23-47-49(45)48-44(20-10-22-46(48)56-47)42-30-26-36-15-5-7-17-40(36)32-42/h3,5-10,12-13,15-22,24-32,43H,1-2,4,11,14,23,33H2/b12-3?,13-9-,35-19+. The summed E-state index contributed by atoms with van der Waals surface area (Å²) in [5.74, 6) is 3.15. The van der Waals surface area contributed by atoms with Crippen molar-refractivity contribution in [3.05, 3.63) is 204 Å². The van der Waals surface area contributed by atoms with Crippen LogP contribution in [0, 0.1) is 0 Å². The lowest BCUT2D eigenvalue weighted by atomic mass is 9.88. The van der Waals surface area contributed by atoms with Gasteiger partial charge in [0.2, 0.25) is 0 Å². The molecule has 1 unspecified atom stereocenters. The summed E-state index contributed by atoms with van der Waals surface area (Å²) in [5.41, 5.74) is 12.4. The number of benzene rings is 5. The maximum Gasteiger partial charge on any atom is 0.164 e. The van der Waals surface area contributed by atoms with Crippen molar-refractivity contribution in [3.63, 3.8) is 0 Å². The summed E-state index contributed by atoms with van der Waals surface area (Å²) >= 11 is 0. The second-order valence-corrected chi connectivity index (χ2v) is 15.0. The van der Waals surface area contributed by atoms with Gasteiger partial charge in [-0.25, -0.2) is 15.0 Å². The molecule has 0 aliphatic heterocycles. The van der Waals surface area contributed by atoms with Crippen LogP contribution in [0.5, 0.6) is 0 Å². The normalized spacial score (nSPS) is 18.2. The molecular weight excluding hydrogens is 683 g/mol. The van der Waals surface area contributed by atoms with Crippen LogP contribution in [-0.4, -0.2) is 15.0 Å². The molecule has 2 aromatic heterocycles. The van der Waals surface area contributed by atoms with Crippen LogP contribution in [0.3, 0.4) is 0 Å². The Balaban J connectivity index is 1.09. The fourth-order valence-corrected chi connectivity index (χ4v) is 8.45. The summed E-state index contributed by atoms with van der Waals surface area (Å²) in [6, 6.07) is 39.0. The van der Waals surface area contributed by atoms with Gasteiger partial charge >= 0.3 is 0 Å². The second-order valence-electron chi connectivity index (χ2n) is 15.0. The van der Waals surface area contributed by atoms with E-state index in [0.29, 0.717) is 11.6 Å².